The van der Waals surface area contributed by atoms with E-state index in [-0.39, 0.29) is 0 Å². The molecule has 1 saturated heterocycles. The Hall–Kier alpha value is -0.600. The number of hydrogen-bond donors (Lipinski definition) is 0. The number of rotatable bonds is 3. The summed E-state index contributed by atoms with van der Waals surface area (Å²) in [5, 5.41) is 0. The number of allylic oxidation sites excluding steroid dienone is 3. The molecule has 0 radical (unpaired) electrons. The molecule has 0 bridgehead atoms. The second-order valence-corrected chi connectivity index (χ2v) is 11.3. The van der Waals surface area contributed by atoms with Crippen LogP contribution in [0, 0.1) is 40.4 Å². The molecule has 1 heterocycles. The molecule has 0 aromatic carbocycles. The summed E-state index contributed by atoms with van der Waals surface area (Å²) in [6, 6.07) is 0. The maximum atomic E-state index is 5.80. The Morgan fingerprint density at radius 2 is 1.79 bits per heavy atom. The minimum absolute atomic E-state index is 0.425. The molecule has 2 heteroatoms. The summed E-state index contributed by atoms with van der Waals surface area (Å²) in [4.78, 5) is 0. The standard InChI is InChI=1S/C27H42O2/c1-5-18-16-20-17-21(28-4)8-12-26(20,2)24-9-13-27(3)22(6-7-23(27)25(18)24)19-10-14-29-15-11-19/h6,16,18-19,21,23-25H,5,7-15,17H2,1-4H3/t18?,21?,23-,24+,25-,26-,27+/m0/s1. The average Bonchev–Trinajstić information content (AvgIpc) is 3.10. The van der Waals surface area contributed by atoms with Crippen LogP contribution < -0.4 is 0 Å². The highest BCUT2D eigenvalue weighted by atomic mass is 16.5. The lowest BCUT2D eigenvalue weighted by Gasteiger charge is -2.60. The van der Waals surface area contributed by atoms with Crippen molar-refractivity contribution in [2.75, 3.05) is 20.3 Å². The molecule has 3 fully saturated rings. The van der Waals surface area contributed by atoms with Gasteiger partial charge in [-0.2, -0.15) is 0 Å². The molecule has 162 valence electrons. The van der Waals surface area contributed by atoms with Crippen molar-refractivity contribution >= 4 is 0 Å². The first kappa shape index (κ1) is 20.3. The van der Waals surface area contributed by atoms with Crippen molar-refractivity contribution in [3.8, 4) is 0 Å². The second kappa shape index (κ2) is 7.52. The maximum absolute atomic E-state index is 5.80. The van der Waals surface area contributed by atoms with Gasteiger partial charge in [0.05, 0.1) is 6.10 Å². The average molecular weight is 399 g/mol. The van der Waals surface area contributed by atoms with E-state index in [0.29, 0.717) is 16.9 Å². The van der Waals surface area contributed by atoms with Crippen molar-refractivity contribution in [3.05, 3.63) is 23.3 Å². The van der Waals surface area contributed by atoms with Gasteiger partial charge in [-0.05, 0) is 98.2 Å². The molecular formula is C27H42O2. The van der Waals surface area contributed by atoms with E-state index >= 15 is 0 Å². The highest BCUT2D eigenvalue weighted by Crippen LogP contribution is 2.67. The summed E-state index contributed by atoms with van der Waals surface area (Å²) >= 11 is 0. The fraction of sp³-hybridized carbons (Fsp3) is 0.852. The molecule has 5 rings (SSSR count). The van der Waals surface area contributed by atoms with E-state index in [4.69, 9.17) is 9.47 Å². The van der Waals surface area contributed by atoms with Gasteiger partial charge in [0, 0.05) is 20.3 Å². The van der Waals surface area contributed by atoms with Crippen LogP contribution in [0.3, 0.4) is 0 Å². The SMILES string of the molecule is CCC1C=C2CC(OC)CC[C@]2(C)[C@@H]2CC[C@]3(C)C(C4CCOCC4)=CC[C@H]3[C@H]12. The number of hydrogen-bond acceptors (Lipinski definition) is 2. The van der Waals surface area contributed by atoms with E-state index in [9.17, 15) is 0 Å². The summed E-state index contributed by atoms with van der Waals surface area (Å²) in [5.74, 6) is 4.17. The van der Waals surface area contributed by atoms with E-state index in [2.05, 4.69) is 32.9 Å². The Kier molecular flexibility index (Phi) is 5.27. The zero-order valence-corrected chi connectivity index (χ0v) is 19.2. The van der Waals surface area contributed by atoms with E-state index < -0.39 is 0 Å². The van der Waals surface area contributed by atoms with Gasteiger partial charge < -0.3 is 9.47 Å². The fourth-order valence-corrected chi connectivity index (χ4v) is 8.63. The van der Waals surface area contributed by atoms with Crippen LogP contribution in [0.25, 0.3) is 0 Å². The van der Waals surface area contributed by atoms with Gasteiger partial charge in [0.15, 0.2) is 0 Å². The zero-order chi connectivity index (χ0) is 20.2. The van der Waals surface area contributed by atoms with Crippen molar-refractivity contribution in [1.29, 1.82) is 0 Å². The first-order chi connectivity index (χ1) is 14.0. The Labute approximate surface area is 178 Å². The lowest BCUT2D eigenvalue weighted by atomic mass is 9.45. The number of methoxy groups -OCH3 is 1. The molecule has 5 aliphatic rings. The first-order valence-electron chi connectivity index (χ1n) is 12.5. The molecule has 2 unspecified atom stereocenters. The minimum Gasteiger partial charge on any atom is -0.381 e. The predicted octanol–water partition coefficient (Wildman–Crippen LogP) is 6.56. The van der Waals surface area contributed by atoms with Crippen molar-refractivity contribution in [1.82, 2.24) is 0 Å². The molecule has 0 N–H and O–H groups in total. The van der Waals surface area contributed by atoms with Gasteiger partial charge in [0.25, 0.3) is 0 Å². The smallest absolute Gasteiger partial charge is 0.0608 e. The van der Waals surface area contributed by atoms with Crippen LogP contribution in [-0.4, -0.2) is 26.4 Å². The molecule has 2 nitrogen and oxygen atoms in total. The molecule has 4 aliphatic carbocycles. The van der Waals surface area contributed by atoms with Crippen molar-refractivity contribution in [2.24, 2.45) is 40.4 Å². The van der Waals surface area contributed by atoms with Gasteiger partial charge in [-0.25, -0.2) is 0 Å². The van der Waals surface area contributed by atoms with Crippen LogP contribution in [0.5, 0.6) is 0 Å². The predicted molar refractivity (Wildman–Crippen MR) is 119 cm³/mol. The van der Waals surface area contributed by atoms with Crippen LogP contribution in [-0.2, 0) is 9.47 Å². The van der Waals surface area contributed by atoms with E-state index in [1.807, 2.05) is 12.7 Å². The molecular weight excluding hydrogens is 356 g/mol. The van der Waals surface area contributed by atoms with Gasteiger partial charge in [0.1, 0.15) is 0 Å². The van der Waals surface area contributed by atoms with Crippen molar-refractivity contribution < 1.29 is 9.47 Å². The van der Waals surface area contributed by atoms with Crippen LogP contribution in [0.1, 0.15) is 78.6 Å². The van der Waals surface area contributed by atoms with E-state index in [0.717, 1.165) is 42.8 Å². The summed E-state index contributed by atoms with van der Waals surface area (Å²) in [5.41, 5.74) is 4.46. The van der Waals surface area contributed by atoms with Gasteiger partial charge >= 0.3 is 0 Å². The van der Waals surface area contributed by atoms with E-state index in [1.165, 1.54) is 57.8 Å². The first-order valence-corrected chi connectivity index (χ1v) is 12.5. The topological polar surface area (TPSA) is 18.5 Å². The lowest BCUT2D eigenvalue weighted by molar-refractivity contribution is -0.0590. The van der Waals surface area contributed by atoms with E-state index in [1.54, 1.807) is 5.57 Å². The number of ether oxygens (including phenoxy) is 2. The Morgan fingerprint density at radius 3 is 2.52 bits per heavy atom. The Morgan fingerprint density at radius 1 is 1.03 bits per heavy atom. The molecule has 29 heavy (non-hydrogen) atoms. The molecule has 7 atom stereocenters. The van der Waals surface area contributed by atoms with Crippen LogP contribution >= 0.6 is 0 Å². The largest absolute Gasteiger partial charge is 0.381 e. The van der Waals surface area contributed by atoms with Crippen molar-refractivity contribution in [2.45, 2.75) is 84.7 Å². The lowest BCUT2D eigenvalue weighted by Crippen LogP contribution is -2.53. The third-order valence-corrected chi connectivity index (χ3v) is 10.3. The highest BCUT2D eigenvalue weighted by Gasteiger charge is 2.59. The third kappa shape index (κ3) is 3.03. The van der Waals surface area contributed by atoms with Crippen LogP contribution in [0.4, 0.5) is 0 Å². The molecule has 0 aromatic rings. The Bertz CT molecular complexity index is 687. The molecule has 0 spiro atoms. The summed E-state index contributed by atoms with van der Waals surface area (Å²) in [6.45, 7) is 9.65. The fourth-order valence-electron chi connectivity index (χ4n) is 8.63. The van der Waals surface area contributed by atoms with Gasteiger partial charge in [-0.15, -0.1) is 0 Å². The van der Waals surface area contributed by atoms with Crippen molar-refractivity contribution in [3.63, 3.8) is 0 Å². The second-order valence-electron chi connectivity index (χ2n) is 11.3. The Balaban J connectivity index is 1.46. The molecule has 0 aromatic heterocycles. The molecule has 1 aliphatic heterocycles. The maximum Gasteiger partial charge on any atom is 0.0608 e. The monoisotopic (exact) mass is 398 g/mol. The quantitative estimate of drug-likeness (QED) is 0.501. The third-order valence-electron chi connectivity index (χ3n) is 10.3. The summed E-state index contributed by atoms with van der Waals surface area (Å²) in [6.07, 6.45) is 17.7. The van der Waals surface area contributed by atoms with Gasteiger partial charge in [-0.1, -0.05) is 44.1 Å². The van der Waals surface area contributed by atoms with Gasteiger partial charge in [-0.3, -0.25) is 0 Å². The zero-order valence-electron chi connectivity index (χ0n) is 19.2. The summed E-state index contributed by atoms with van der Waals surface area (Å²) < 4.78 is 11.5. The highest BCUT2D eigenvalue weighted by molar-refractivity contribution is 5.32. The van der Waals surface area contributed by atoms with Crippen LogP contribution in [0.15, 0.2) is 23.3 Å². The summed E-state index contributed by atoms with van der Waals surface area (Å²) in [7, 11) is 1.91. The number of fused-ring (bicyclic) bond motifs is 5. The molecule has 0 amide bonds. The molecule has 2 saturated carbocycles. The van der Waals surface area contributed by atoms with Gasteiger partial charge in [0.2, 0.25) is 0 Å². The normalized spacial score (nSPS) is 47.7. The minimum atomic E-state index is 0.425. The van der Waals surface area contributed by atoms with Crippen LogP contribution in [0.2, 0.25) is 0 Å².